The highest BCUT2D eigenvalue weighted by Gasteiger charge is 2.18. The number of hydrogen-bond acceptors (Lipinski definition) is 0. The molecule has 12 rings (SSSR count). The second-order valence-electron chi connectivity index (χ2n) is 14.8. The smallest absolute Gasteiger partial charge is 0.0547 e. The van der Waals surface area contributed by atoms with E-state index >= 15 is 0 Å². The molecule has 0 aliphatic rings. The summed E-state index contributed by atoms with van der Waals surface area (Å²) >= 11 is 0. The Kier molecular flexibility index (Phi) is 6.40. The quantitative estimate of drug-likeness (QED) is 0.162. The molecule has 0 fully saturated rings. The molecule has 0 saturated carbocycles. The van der Waals surface area contributed by atoms with Gasteiger partial charge in [0.15, 0.2) is 0 Å². The van der Waals surface area contributed by atoms with E-state index in [-0.39, 0.29) is 0 Å². The highest BCUT2D eigenvalue weighted by atomic mass is 15.0. The zero-order valence-corrected chi connectivity index (χ0v) is 30.0. The van der Waals surface area contributed by atoms with Crippen molar-refractivity contribution >= 4 is 86.4 Å². The van der Waals surface area contributed by atoms with E-state index in [1.54, 1.807) is 0 Å². The molecule has 0 unspecified atom stereocenters. The Bertz CT molecular complexity index is 3530. The van der Waals surface area contributed by atoms with E-state index in [0.29, 0.717) is 0 Å². The zero-order chi connectivity index (χ0) is 36.0. The van der Waals surface area contributed by atoms with Gasteiger partial charge in [0, 0.05) is 16.5 Å². The van der Waals surface area contributed by atoms with E-state index < -0.39 is 0 Å². The molecule has 0 aliphatic carbocycles. The molecule has 55 heavy (non-hydrogen) atoms. The molecule has 1 nitrogen and oxygen atoms in total. The van der Waals surface area contributed by atoms with E-state index in [1.165, 1.54) is 114 Å². The van der Waals surface area contributed by atoms with Gasteiger partial charge in [-0.1, -0.05) is 170 Å². The second-order valence-corrected chi connectivity index (χ2v) is 14.8. The number of benzene rings is 11. The lowest BCUT2D eigenvalue weighted by Gasteiger charge is -2.17. The molecule has 0 saturated heterocycles. The van der Waals surface area contributed by atoms with Crippen molar-refractivity contribution in [3.63, 3.8) is 0 Å². The predicted molar refractivity (Wildman–Crippen MR) is 237 cm³/mol. The van der Waals surface area contributed by atoms with Crippen LogP contribution < -0.4 is 0 Å². The number of rotatable bonds is 3. The highest BCUT2D eigenvalue weighted by molar-refractivity contribution is 6.39. The maximum atomic E-state index is 2.44. The van der Waals surface area contributed by atoms with E-state index in [4.69, 9.17) is 0 Å². The molecule has 1 heteroatoms. The summed E-state index contributed by atoms with van der Waals surface area (Å²) in [5.41, 5.74) is 8.53. The van der Waals surface area contributed by atoms with Crippen LogP contribution >= 0.6 is 0 Å². The molecule has 0 N–H and O–H groups in total. The molecule has 11 aromatic carbocycles. The zero-order valence-electron chi connectivity index (χ0n) is 30.0. The van der Waals surface area contributed by atoms with Crippen molar-refractivity contribution in [2.45, 2.75) is 0 Å². The molecular formula is C54H33N. The SMILES string of the molecule is c1ccc(-n2c3ccccc3c3ccc(-c4cccc5c(-c6ccc7c(c6)c6ccccc6c6c8ccccc8c8ccccc8c76)cccc45)cc32)cc1. The Balaban J connectivity index is 1.09. The van der Waals surface area contributed by atoms with Gasteiger partial charge in [0.25, 0.3) is 0 Å². The maximum Gasteiger partial charge on any atom is 0.0547 e. The van der Waals surface area contributed by atoms with Crippen molar-refractivity contribution in [1.82, 2.24) is 4.57 Å². The van der Waals surface area contributed by atoms with Crippen molar-refractivity contribution in [3.8, 4) is 27.9 Å². The van der Waals surface area contributed by atoms with Gasteiger partial charge in [-0.25, -0.2) is 0 Å². The topological polar surface area (TPSA) is 4.93 Å². The normalized spacial score (nSPS) is 12.0. The van der Waals surface area contributed by atoms with Crippen LogP contribution in [0.4, 0.5) is 0 Å². The Morgan fingerprint density at radius 1 is 0.236 bits per heavy atom. The first-order valence-electron chi connectivity index (χ1n) is 19.1. The molecule has 12 aromatic rings. The lowest BCUT2D eigenvalue weighted by atomic mass is 9.86. The van der Waals surface area contributed by atoms with E-state index in [0.717, 1.165) is 0 Å². The van der Waals surface area contributed by atoms with Gasteiger partial charge in [0.1, 0.15) is 0 Å². The highest BCUT2D eigenvalue weighted by Crippen LogP contribution is 2.45. The Morgan fingerprint density at radius 2 is 0.655 bits per heavy atom. The molecule has 0 atom stereocenters. The summed E-state index contributed by atoms with van der Waals surface area (Å²) in [5, 5.41) is 18.1. The summed E-state index contributed by atoms with van der Waals surface area (Å²) in [4.78, 5) is 0. The standard InChI is InChI=1S/C54H33N/c1-2-14-36(15-3-1)55-51-27-11-10-19-44(51)45-30-28-35(33-52(45)55)38-24-13-25-39-37(23-12-26-40(38)39)34-29-31-49-50(32-34)43-18-6-9-22-48(43)53-46-20-7-4-16-41(46)42-17-5-8-21-47(42)54(49)53/h1-33H. The minimum absolute atomic E-state index is 1.17. The van der Waals surface area contributed by atoms with Gasteiger partial charge in [0.05, 0.1) is 11.0 Å². The Labute approximate surface area is 317 Å². The summed E-state index contributed by atoms with van der Waals surface area (Å²) < 4.78 is 2.40. The van der Waals surface area contributed by atoms with Crippen LogP contribution in [0.1, 0.15) is 0 Å². The fourth-order valence-corrected chi connectivity index (χ4v) is 9.60. The third kappa shape index (κ3) is 4.35. The van der Waals surface area contributed by atoms with Crippen molar-refractivity contribution in [2.24, 2.45) is 0 Å². The van der Waals surface area contributed by atoms with Crippen LogP contribution in [0.25, 0.3) is 114 Å². The second kappa shape index (κ2) is 11.6. The molecule has 0 amide bonds. The van der Waals surface area contributed by atoms with Gasteiger partial charge in [-0.2, -0.15) is 0 Å². The van der Waals surface area contributed by atoms with E-state index in [1.807, 2.05) is 0 Å². The first-order valence-corrected chi connectivity index (χ1v) is 19.1. The summed E-state index contributed by atoms with van der Waals surface area (Å²) in [6.07, 6.45) is 0. The molecule has 254 valence electrons. The minimum Gasteiger partial charge on any atom is -0.309 e. The first kappa shape index (κ1) is 30.3. The molecule has 0 bridgehead atoms. The first-order chi connectivity index (χ1) is 27.3. The van der Waals surface area contributed by atoms with Crippen LogP contribution in [0, 0.1) is 0 Å². The number of fused-ring (bicyclic) bond motifs is 15. The summed E-state index contributed by atoms with van der Waals surface area (Å²) in [5.74, 6) is 0. The van der Waals surface area contributed by atoms with Gasteiger partial charge in [-0.15, -0.1) is 0 Å². The van der Waals surface area contributed by atoms with Crippen molar-refractivity contribution in [3.05, 3.63) is 200 Å². The van der Waals surface area contributed by atoms with Gasteiger partial charge >= 0.3 is 0 Å². The lowest BCUT2D eigenvalue weighted by Crippen LogP contribution is -1.93. The fourth-order valence-electron chi connectivity index (χ4n) is 9.60. The summed E-state index contributed by atoms with van der Waals surface area (Å²) in [6.45, 7) is 0. The van der Waals surface area contributed by atoms with Crippen LogP contribution in [-0.4, -0.2) is 4.57 Å². The average molecular weight is 696 g/mol. The van der Waals surface area contributed by atoms with Crippen molar-refractivity contribution < 1.29 is 0 Å². The van der Waals surface area contributed by atoms with Crippen molar-refractivity contribution in [1.29, 1.82) is 0 Å². The Morgan fingerprint density at radius 3 is 1.25 bits per heavy atom. The summed E-state index contributed by atoms with van der Waals surface area (Å²) in [6, 6.07) is 74.0. The largest absolute Gasteiger partial charge is 0.309 e. The van der Waals surface area contributed by atoms with Gasteiger partial charge in [-0.3, -0.25) is 0 Å². The molecule has 0 radical (unpaired) electrons. The number of hydrogen-bond donors (Lipinski definition) is 0. The predicted octanol–water partition coefficient (Wildman–Crippen LogP) is 15.0. The van der Waals surface area contributed by atoms with Gasteiger partial charge in [-0.05, 0) is 117 Å². The third-order valence-corrected chi connectivity index (χ3v) is 11.9. The maximum absolute atomic E-state index is 2.44. The fraction of sp³-hybridized carbons (Fsp3) is 0. The summed E-state index contributed by atoms with van der Waals surface area (Å²) in [7, 11) is 0. The van der Waals surface area contributed by atoms with E-state index in [2.05, 4.69) is 205 Å². The molecule has 1 heterocycles. The van der Waals surface area contributed by atoms with Crippen LogP contribution in [0.5, 0.6) is 0 Å². The molecular weight excluding hydrogens is 663 g/mol. The lowest BCUT2D eigenvalue weighted by molar-refractivity contribution is 1.18. The van der Waals surface area contributed by atoms with Gasteiger partial charge < -0.3 is 4.57 Å². The number of aromatic nitrogens is 1. The van der Waals surface area contributed by atoms with Crippen molar-refractivity contribution in [2.75, 3.05) is 0 Å². The number of nitrogens with zero attached hydrogens (tertiary/aromatic N) is 1. The van der Waals surface area contributed by atoms with Crippen LogP contribution in [0.15, 0.2) is 200 Å². The minimum atomic E-state index is 1.17. The molecule has 1 aromatic heterocycles. The van der Waals surface area contributed by atoms with E-state index in [9.17, 15) is 0 Å². The molecule has 0 spiro atoms. The van der Waals surface area contributed by atoms with Crippen LogP contribution in [0.3, 0.4) is 0 Å². The monoisotopic (exact) mass is 695 g/mol. The number of para-hydroxylation sites is 2. The van der Waals surface area contributed by atoms with Crippen LogP contribution in [-0.2, 0) is 0 Å². The van der Waals surface area contributed by atoms with Gasteiger partial charge in [0.2, 0.25) is 0 Å². The molecule has 0 aliphatic heterocycles. The third-order valence-electron chi connectivity index (χ3n) is 11.9. The van der Waals surface area contributed by atoms with Crippen LogP contribution in [0.2, 0.25) is 0 Å². The average Bonchev–Trinajstić information content (AvgIpc) is 3.59. The Hall–Kier alpha value is -7.22.